The van der Waals surface area contributed by atoms with Crippen LogP contribution < -0.4 is 15.6 Å². The average molecular weight is 321 g/mol. The highest BCUT2D eigenvalue weighted by Gasteiger charge is 2.09. The van der Waals surface area contributed by atoms with Crippen molar-refractivity contribution in [2.45, 2.75) is 0 Å². The summed E-state index contributed by atoms with van der Waals surface area (Å²) in [6, 6.07) is 19.1. The van der Waals surface area contributed by atoms with Gasteiger partial charge in [0.1, 0.15) is 17.2 Å². The number of amides is 1. The van der Waals surface area contributed by atoms with E-state index in [1.54, 1.807) is 24.3 Å². The number of hydrogen-bond donors (Lipinski definition) is 1. The van der Waals surface area contributed by atoms with Gasteiger partial charge in [-0.3, -0.25) is 9.59 Å². The predicted octanol–water partition coefficient (Wildman–Crippen LogP) is 2.82. The minimum atomic E-state index is -0.400. The average Bonchev–Trinajstić information content (AvgIpc) is 2.58. The summed E-state index contributed by atoms with van der Waals surface area (Å²) in [7, 11) is 1.49. The van der Waals surface area contributed by atoms with Crippen LogP contribution in [0.25, 0.3) is 0 Å². The maximum atomic E-state index is 12.2. The number of ether oxygens (including phenoxy) is 1. The molecule has 24 heavy (non-hydrogen) atoms. The Balaban J connectivity index is 1.75. The van der Waals surface area contributed by atoms with Crippen molar-refractivity contribution >= 4 is 11.6 Å². The molecule has 0 unspecified atom stereocenters. The fourth-order valence-electron chi connectivity index (χ4n) is 2.08. The number of carbonyl (C=O) groups excluding carboxylic acids is 1. The van der Waals surface area contributed by atoms with Crippen molar-refractivity contribution in [3.63, 3.8) is 0 Å². The number of hydrogen-bond acceptors (Lipinski definition) is 4. The van der Waals surface area contributed by atoms with Gasteiger partial charge < -0.3 is 10.1 Å². The number of nitrogens with one attached hydrogen (secondary N) is 1. The van der Waals surface area contributed by atoms with E-state index < -0.39 is 5.91 Å². The quantitative estimate of drug-likeness (QED) is 0.802. The second kappa shape index (κ2) is 6.78. The Hall–Kier alpha value is -3.41. The number of rotatable bonds is 4. The molecule has 0 radical (unpaired) electrons. The third-order valence-electron chi connectivity index (χ3n) is 3.26. The molecule has 120 valence electrons. The number of aryl methyl sites for hydroxylation is 1. The Morgan fingerprint density at radius 2 is 1.75 bits per heavy atom. The maximum Gasteiger partial charge on any atom is 0.276 e. The van der Waals surface area contributed by atoms with Crippen LogP contribution in [0.2, 0.25) is 0 Å². The van der Waals surface area contributed by atoms with Crippen LogP contribution in [0.3, 0.4) is 0 Å². The van der Waals surface area contributed by atoms with Crippen LogP contribution in [0.5, 0.6) is 11.5 Å². The van der Waals surface area contributed by atoms with Crippen molar-refractivity contribution in [1.82, 2.24) is 9.78 Å². The lowest BCUT2D eigenvalue weighted by molar-refractivity contribution is 0.102. The van der Waals surface area contributed by atoms with Gasteiger partial charge in [-0.15, -0.1) is 0 Å². The number of anilines is 1. The number of benzene rings is 2. The highest BCUT2D eigenvalue weighted by Crippen LogP contribution is 2.23. The van der Waals surface area contributed by atoms with Crippen molar-refractivity contribution in [3.8, 4) is 11.5 Å². The van der Waals surface area contributed by atoms with Crippen molar-refractivity contribution in [2.24, 2.45) is 7.05 Å². The summed E-state index contributed by atoms with van der Waals surface area (Å²) in [5, 5.41) is 6.65. The fraction of sp³-hybridized carbons (Fsp3) is 0.0556. The molecule has 0 aliphatic carbocycles. The summed E-state index contributed by atoms with van der Waals surface area (Å²) in [6.07, 6.45) is 0. The molecule has 0 saturated heterocycles. The van der Waals surface area contributed by atoms with Crippen molar-refractivity contribution < 1.29 is 9.53 Å². The molecule has 0 bridgehead atoms. The van der Waals surface area contributed by atoms with Crippen LogP contribution in [0.1, 0.15) is 10.5 Å². The van der Waals surface area contributed by atoms with E-state index in [9.17, 15) is 9.59 Å². The van der Waals surface area contributed by atoms with Crippen LogP contribution in [0.4, 0.5) is 5.69 Å². The van der Waals surface area contributed by atoms with Gasteiger partial charge in [-0.1, -0.05) is 24.3 Å². The highest BCUT2D eigenvalue weighted by atomic mass is 16.5. The molecule has 0 aliphatic heterocycles. The van der Waals surface area contributed by atoms with Gasteiger partial charge in [0, 0.05) is 24.9 Å². The summed E-state index contributed by atoms with van der Waals surface area (Å²) in [5.41, 5.74) is 0.459. The van der Waals surface area contributed by atoms with Crippen LogP contribution in [-0.4, -0.2) is 15.7 Å². The molecular formula is C18H15N3O3. The molecule has 1 amide bonds. The monoisotopic (exact) mass is 321 g/mol. The number of nitrogens with zero attached hydrogens (tertiary/aromatic N) is 2. The summed E-state index contributed by atoms with van der Waals surface area (Å²) in [6.45, 7) is 0. The Labute approximate surface area is 138 Å². The van der Waals surface area contributed by atoms with Crippen molar-refractivity contribution in [2.75, 3.05) is 5.32 Å². The molecule has 0 aliphatic rings. The summed E-state index contributed by atoms with van der Waals surface area (Å²) in [5.74, 6) is 0.913. The first kappa shape index (κ1) is 15.5. The molecule has 6 heteroatoms. The molecule has 1 aromatic heterocycles. The van der Waals surface area contributed by atoms with Crippen molar-refractivity contribution in [3.05, 3.63) is 82.8 Å². The zero-order chi connectivity index (χ0) is 16.9. The third-order valence-corrected chi connectivity index (χ3v) is 3.26. The molecule has 0 spiro atoms. The smallest absolute Gasteiger partial charge is 0.276 e. The second-order valence-electron chi connectivity index (χ2n) is 5.08. The standard InChI is InChI=1S/C18H15N3O3/c1-21-17(22)11-10-16(20-21)18(23)19-13-6-5-9-15(12-13)24-14-7-3-2-4-8-14/h2-12H,1H3,(H,19,23). The SMILES string of the molecule is Cn1nc(C(=O)Nc2cccc(Oc3ccccc3)c2)ccc1=O. The van der Waals surface area contributed by atoms with E-state index in [1.165, 1.54) is 19.2 Å². The molecule has 6 nitrogen and oxygen atoms in total. The lowest BCUT2D eigenvalue weighted by Crippen LogP contribution is -2.23. The predicted molar refractivity (Wildman–Crippen MR) is 90.4 cm³/mol. The molecule has 0 fully saturated rings. The van der Waals surface area contributed by atoms with Crippen LogP contribution in [0, 0.1) is 0 Å². The second-order valence-corrected chi connectivity index (χ2v) is 5.08. The number of carbonyl (C=O) groups is 1. The van der Waals surface area contributed by atoms with E-state index in [1.807, 2.05) is 30.3 Å². The molecule has 1 heterocycles. The first-order valence-electron chi connectivity index (χ1n) is 7.30. The largest absolute Gasteiger partial charge is 0.457 e. The molecule has 0 atom stereocenters. The fourth-order valence-corrected chi connectivity index (χ4v) is 2.08. The van der Waals surface area contributed by atoms with E-state index in [4.69, 9.17) is 4.74 Å². The normalized spacial score (nSPS) is 10.2. The summed E-state index contributed by atoms with van der Waals surface area (Å²) >= 11 is 0. The highest BCUT2D eigenvalue weighted by molar-refractivity contribution is 6.02. The summed E-state index contributed by atoms with van der Waals surface area (Å²) < 4.78 is 6.84. The Morgan fingerprint density at radius 3 is 2.50 bits per heavy atom. The molecular weight excluding hydrogens is 306 g/mol. The zero-order valence-corrected chi connectivity index (χ0v) is 13.0. The topological polar surface area (TPSA) is 73.2 Å². The summed E-state index contributed by atoms with van der Waals surface area (Å²) in [4.78, 5) is 23.5. The minimum absolute atomic E-state index is 0.159. The molecule has 1 N–H and O–H groups in total. The van der Waals surface area contributed by atoms with Gasteiger partial charge in [0.05, 0.1) is 0 Å². The van der Waals surface area contributed by atoms with Crippen LogP contribution >= 0.6 is 0 Å². The van der Waals surface area contributed by atoms with E-state index in [0.717, 1.165) is 4.68 Å². The molecule has 3 aromatic rings. The van der Waals surface area contributed by atoms with Crippen LogP contribution in [-0.2, 0) is 7.05 Å². The molecule has 3 rings (SSSR count). The maximum absolute atomic E-state index is 12.2. The Morgan fingerprint density at radius 1 is 1.00 bits per heavy atom. The van der Waals surface area contributed by atoms with Gasteiger partial charge in [-0.2, -0.15) is 5.10 Å². The van der Waals surface area contributed by atoms with Gasteiger partial charge in [0.2, 0.25) is 0 Å². The first-order valence-corrected chi connectivity index (χ1v) is 7.30. The van der Waals surface area contributed by atoms with E-state index in [2.05, 4.69) is 10.4 Å². The number of para-hydroxylation sites is 1. The lowest BCUT2D eigenvalue weighted by atomic mass is 10.2. The molecule has 0 saturated carbocycles. The van der Waals surface area contributed by atoms with Gasteiger partial charge in [-0.25, -0.2) is 4.68 Å². The lowest BCUT2D eigenvalue weighted by Gasteiger charge is -2.09. The minimum Gasteiger partial charge on any atom is -0.457 e. The van der Waals surface area contributed by atoms with E-state index in [-0.39, 0.29) is 11.3 Å². The Kier molecular flexibility index (Phi) is 4.38. The number of aromatic nitrogens is 2. The zero-order valence-electron chi connectivity index (χ0n) is 13.0. The van der Waals surface area contributed by atoms with Gasteiger partial charge in [0.25, 0.3) is 11.5 Å². The van der Waals surface area contributed by atoms with Gasteiger partial charge in [0.15, 0.2) is 0 Å². The van der Waals surface area contributed by atoms with Gasteiger partial charge >= 0.3 is 0 Å². The van der Waals surface area contributed by atoms with E-state index >= 15 is 0 Å². The molecule has 2 aromatic carbocycles. The van der Waals surface area contributed by atoms with Gasteiger partial charge in [-0.05, 0) is 30.3 Å². The third kappa shape index (κ3) is 3.67. The first-order chi connectivity index (χ1) is 11.6. The van der Waals surface area contributed by atoms with Crippen LogP contribution in [0.15, 0.2) is 71.5 Å². The Bertz CT molecular complexity index is 920. The van der Waals surface area contributed by atoms with Crippen molar-refractivity contribution in [1.29, 1.82) is 0 Å². The van der Waals surface area contributed by atoms with E-state index in [0.29, 0.717) is 17.2 Å².